The van der Waals surface area contributed by atoms with E-state index in [2.05, 4.69) is 82.4 Å². The number of methoxy groups -OCH3 is 1. The number of fused-ring (bicyclic) bond motifs is 5. The number of aryl methyl sites for hydroxylation is 4. The van der Waals surface area contributed by atoms with Crippen molar-refractivity contribution < 1.29 is 179 Å². The van der Waals surface area contributed by atoms with E-state index >= 15 is 0 Å². The Kier molecular flexibility index (Phi) is 30.5. The van der Waals surface area contributed by atoms with Crippen LogP contribution in [0.5, 0.6) is 5.88 Å². The Morgan fingerprint density at radius 3 is 1.20 bits per heavy atom. The van der Waals surface area contributed by atoms with E-state index in [-0.39, 0.29) is 58.8 Å². The van der Waals surface area contributed by atoms with E-state index in [1.807, 2.05) is 0 Å². The first-order valence-corrected chi connectivity index (χ1v) is 43.0. The summed E-state index contributed by atoms with van der Waals surface area (Å²) in [4.78, 5) is 172. The van der Waals surface area contributed by atoms with Crippen molar-refractivity contribution in [1.82, 2.24) is 82.6 Å². The van der Waals surface area contributed by atoms with Gasteiger partial charge < -0.3 is 139 Å². The van der Waals surface area contributed by atoms with Gasteiger partial charge in [0.25, 0.3) is 11.1 Å². The van der Waals surface area contributed by atoms with Crippen molar-refractivity contribution in [3.8, 4) is 5.88 Å². The summed E-state index contributed by atoms with van der Waals surface area (Å²) in [7, 11) is -20.7. The van der Waals surface area contributed by atoms with Crippen molar-refractivity contribution in [2.24, 2.45) is 7.05 Å². The van der Waals surface area contributed by atoms with Crippen molar-refractivity contribution in [2.45, 2.75) is 164 Å². The number of rotatable bonds is 21. The average molecular weight is 1870 g/mol. The van der Waals surface area contributed by atoms with Crippen LogP contribution >= 0.6 is 50.7 Å². The molecule has 9 aromatic heterocycles. The molecule has 64 heteroatoms. The molecular formula is C59H83ClN19O39P5. The molecule has 5 fully saturated rings. The molecule has 5 saturated heterocycles. The summed E-state index contributed by atoms with van der Waals surface area (Å²) in [6.07, 6.45) is -19.5. The standard InChI is InChI=1S/2C12H17N4O8P.C12H16N3O9P.C11H14ClN4O7P.C11H15N4O7P.CH4/c1-5-14-10-7(11(15-5)22-2)13-4-16(10)12-9(18)8(17)6(24-12)3-23-25(19,20)21;1-5-14-10-7(11(19)15(5)2)13-4-16(10)12-9(18)8(17)6(24-12)3-23-25(20,21)22;1-4-13-10-5(11(19)14-4)2-7(16)15(10)12-9(18)8(17)6(24-12)3-23-25(20,21)22;1-4-14-9(12)6-10(15-4)16(3-13-6)11-8(18)7(17)5(23-11)2-22-24(19,20)21;12-5-1-2-13-10-7(5)14-4-15(10)11-9(17)8(16)6(22-11)3-21-23(18,19)20;/h4,6,8-9,12,17-18H,3H2,1-2H3,(H2,19,20,21);4,6,8-9,12,17-18H,3H2,1-2H3,(H2,20,21,22);6,8-9,12,17-18H,2-3H2,1H3,(H,13,14,19)(H2,20,21,22);3,5,7-8,11,17-18H,2H2,1H3,(H2,19,20,21);1-2,4,6,8-9,11,16-17H,3H2,(H2,12,13)(H2,18,19,20);1H4/t3*6-,8-,9-,12-;5-,7-,8-,11-;6-,8-,9-,11-;/m11111./s1. The number of amides is 1. The maximum atomic E-state index is 12.3. The maximum absolute atomic E-state index is 12.3. The number of halogens is 1. The van der Waals surface area contributed by atoms with Gasteiger partial charge in [-0.1, -0.05) is 19.0 Å². The molecule has 23 N–H and O–H groups in total. The number of imidazole rings is 4. The molecule has 6 aliphatic rings. The molecule has 58 nitrogen and oxygen atoms in total. The Morgan fingerprint density at radius 1 is 0.463 bits per heavy atom. The maximum Gasteiger partial charge on any atom is 0.469 e. The molecule has 0 aliphatic carbocycles. The lowest BCUT2D eigenvalue weighted by molar-refractivity contribution is -0.121. The van der Waals surface area contributed by atoms with Gasteiger partial charge in [-0.2, -0.15) is 4.98 Å². The number of hydrogen-bond donors (Lipinski definition) is 22. The number of aliphatic hydroxyl groups excluding tert-OH is 10. The zero-order valence-electron chi connectivity index (χ0n) is 63.2. The molecule has 6 aliphatic heterocycles. The molecule has 1 amide bonds. The number of aromatic amines is 1. The molecule has 20 atom stereocenters. The molecule has 680 valence electrons. The number of nitrogens with one attached hydrogen (secondary N) is 1. The number of aromatic nitrogens is 17. The van der Waals surface area contributed by atoms with E-state index in [4.69, 9.17) is 94.7 Å². The second kappa shape index (κ2) is 38.4. The van der Waals surface area contributed by atoms with Gasteiger partial charge in [-0.3, -0.25) is 64.7 Å². The highest BCUT2D eigenvalue weighted by Gasteiger charge is 2.53. The largest absolute Gasteiger partial charge is 0.479 e. The van der Waals surface area contributed by atoms with Gasteiger partial charge in [0.1, 0.15) is 132 Å². The number of nitrogens with zero attached hydrogens (tertiary/aromatic N) is 17. The Labute approximate surface area is 691 Å². The number of aliphatic hydroxyl groups is 10. The SMILES string of the molecule is C.COc1nc(C)nc2c1ncn2[C@@H]1O[C@H](COP(=O)(O)O)[C@@H](O)[C@H]1O.Cc1nc(Cl)c2ncn([C@@H]3O[C@H](COP(=O)(O)O)[C@@H](O)[C@H]3O)c2n1.Cc1nc2c(c(=O)[nH]1)CC(=O)N2[C@@H]1O[C@H](COP(=O)(O)O)[C@@H](O)[C@H]1O.Cc1nc2c(ncn2[C@@H]2O[C@H](COP(=O)(O)O)[C@@H](O)[C@H]2O)c(=O)n1C.Nc1ccnc2c1ncn2[C@@H]1O[C@H](COP(=O)(O)O)[C@@H](O)[C@H]1O. The lowest BCUT2D eigenvalue weighted by Crippen LogP contribution is -2.46. The number of phosphoric acid groups is 5. The third-order valence-corrected chi connectivity index (χ3v) is 21.4. The molecule has 123 heavy (non-hydrogen) atoms. The number of pyridine rings is 1. The first kappa shape index (κ1) is 97.5. The quantitative estimate of drug-likeness (QED) is 0.0235. The summed E-state index contributed by atoms with van der Waals surface area (Å²) >= 11 is 5.99. The fourth-order valence-electron chi connectivity index (χ4n) is 12.9. The van der Waals surface area contributed by atoms with Gasteiger partial charge in [0.15, 0.2) is 69.9 Å². The Bertz CT molecular complexity index is 5690. The normalized spacial score (nSPS) is 27.8. The summed E-state index contributed by atoms with van der Waals surface area (Å²) in [6, 6.07) is 1.57. The van der Waals surface area contributed by atoms with Crippen LogP contribution in [0.2, 0.25) is 5.15 Å². The van der Waals surface area contributed by atoms with Crippen molar-refractivity contribution in [3.05, 3.63) is 92.3 Å². The summed E-state index contributed by atoms with van der Waals surface area (Å²) in [5.74, 6) is 1.14. The predicted octanol–water partition coefficient (Wildman–Crippen LogP) is -6.54. The van der Waals surface area contributed by atoms with Gasteiger partial charge in [0.05, 0.1) is 83.1 Å². The van der Waals surface area contributed by atoms with Crippen LogP contribution in [-0.2, 0) is 87.4 Å². The topological polar surface area (TPSA) is 854 Å². The second-order valence-corrected chi connectivity index (χ2v) is 33.7. The van der Waals surface area contributed by atoms with Gasteiger partial charge in [-0.05, 0) is 33.8 Å². The van der Waals surface area contributed by atoms with E-state index in [0.29, 0.717) is 56.7 Å². The molecule has 0 bridgehead atoms. The molecule has 0 spiro atoms. The van der Waals surface area contributed by atoms with Gasteiger partial charge in [-0.25, -0.2) is 72.7 Å². The number of ether oxygens (including phenoxy) is 6. The molecule has 0 unspecified atom stereocenters. The number of H-pyrrole nitrogens is 1. The summed E-state index contributed by atoms with van der Waals surface area (Å²) < 4.78 is 115. The van der Waals surface area contributed by atoms with E-state index < -0.39 is 206 Å². The smallest absolute Gasteiger partial charge is 0.469 e. The lowest BCUT2D eigenvalue weighted by Gasteiger charge is -2.26. The minimum atomic E-state index is -4.80. The monoisotopic (exact) mass is 1870 g/mol. The highest BCUT2D eigenvalue weighted by Crippen LogP contribution is 2.45. The Morgan fingerprint density at radius 2 is 0.805 bits per heavy atom. The number of hydrogen-bond acceptors (Lipinski definition) is 41. The van der Waals surface area contributed by atoms with E-state index in [1.54, 1.807) is 33.9 Å². The van der Waals surface area contributed by atoms with Gasteiger partial charge in [0, 0.05) is 13.2 Å². The average Bonchev–Trinajstić information content (AvgIpc) is 1.61. The molecule has 15 rings (SSSR count). The molecular weight excluding hydrogens is 1790 g/mol. The van der Waals surface area contributed by atoms with Crippen LogP contribution < -0.4 is 26.5 Å². The molecule has 15 heterocycles. The van der Waals surface area contributed by atoms with Crippen LogP contribution in [0.25, 0.3) is 44.7 Å². The zero-order valence-corrected chi connectivity index (χ0v) is 68.5. The molecule has 0 radical (unpaired) electrons. The molecule has 9 aromatic rings. The molecule has 0 saturated carbocycles. The highest BCUT2D eigenvalue weighted by atomic mass is 35.5. The number of nitrogens with two attached hydrogens (primary N) is 1. The van der Waals surface area contributed by atoms with Crippen LogP contribution in [0.1, 0.15) is 61.2 Å². The van der Waals surface area contributed by atoms with Crippen molar-refractivity contribution in [3.63, 3.8) is 0 Å². The molecule has 0 aromatic carbocycles. The van der Waals surface area contributed by atoms with Crippen LogP contribution in [0, 0.1) is 27.7 Å². The van der Waals surface area contributed by atoms with Crippen LogP contribution in [0.3, 0.4) is 0 Å². The van der Waals surface area contributed by atoms with Crippen LogP contribution in [0.15, 0.2) is 47.2 Å². The zero-order chi connectivity index (χ0) is 89.8. The number of nitrogen functional groups attached to an aromatic ring is 1. The summed E-state index contributed by atoms with van der Waals surface area (Å²) in [6.45, 7) is 3.31. The minimum absolute atomic E-state index is 0. The van der Waals surface area contributed by atoms with Gasteiger partial charge >= 0.3 is 39.1 Å². The minimum Gasteiger partial charge on any atom is -0.479 e. The number of carbonyl (C=O) groups is 1. The lowest BCUT2D eigenvalue weighted by atomic mass is 10.1. The van der Waals surface area contributed by atoms with Crippen LogP contribution in [-0.4, -0.2) is 326 Å². The van der Waals surface area contributed by atoms with Crippen molar-refractivity contribution in [1.29, 1.82) is 0 Å². The van der Waals surface area contributed by atoms with E-state index in [1.165, 1.54) is 68.4 Å². The third kappa shape index (κ3) is 22.3. The van der Waals surface area contributed by atoms with Crippen molar-refractivity contribution >= 4 is 113 Å². The predicted molar refractivity (Wildman–Crippen MR) is 403 cm³/mol. The number of anilines is 2. The Hall–Kier alpha value is -7.74. The van der Waals surface area contributed by atoms with Gasteiger partial charge in [-0.15, -0.1) is 0 Å². The van der Waals surface area contributed by atoms with Crippen LogP contribution in [0.4, 0.5) is 11.5 Å². The van der Waals surface area contributed by atoms with Crippen molar-refractivity contribution in [2.75, 3.05) is 50.8 Å². The van der Waals surface area contributed by atoms with E-state index in [0.717, 1.165) is 4.90 Å². The summed E-state index contributed by atoms with van der Waals surface area (Å²) in [5.41, 5.74) is 7.63. The van der Waals surface area contributed by atoms with Gasteiger partial charge in [0.2, 0.25) is 11.8 Å². The number of phosphoric ester groups is 5. The fraction of sp³-hybridized carbons (Fsp3) is 0.559. The third-order valence-electron chi connectivity index (χ3n) is 18.7. The van der Waals surface area contributed by atoms with E-state index in [9.17, 15) is 88.3 Å². The first-order chi connectivity index (χ1) is 56.8. The first-order valence-electron chi connectivity index (χ1n) is 34.9. The highest BCUT2D eigenvalue weighted by molar-refractivity contribution is 7.47. The number of carbonyl (C=O) groups excluding carboxylic acids is 1. The fourth-order valence-corrected chi connectivity index (χ4v) is 14.8. The second-order valence-electron chi connectivity index (χ2n) is 27.1. The summed E-state index contributed by atoms with van der Waals surface area (Å²) in [5, 5.41) is 101. The Balaban J connectivity index is 0.000000161.